The zero-order valence-electron chi connectivity index (χ0n) is 9.96. The molecule has 0 aliphatic heterocycles. The highest BCUT2D eigenvalue weighted by Crippen LogP contribution is 2.22. The maximum atomic E-state index is 12.0. The molecule has 7 nitrogen and oxygen atoms in total. The Kier molecular flexibility index (Phi) is 4.11. The molecule has 9 heteroatoms. The molecule has 1 heterocycles. The van der Waals surface area contributed by atoms with Crippen molar-refractivity contribution in [1.29, 1.82) is 0 Å². The van der Waals surface area contributed by atoms with Crippen LogP contribution in [0.4, 0.5) is 5.69 Å². The van der Waals surface area contributed by atoms with Crippen molar-refractivity contribution >= 4 is 33.3 Å². The predicted octanol–water partition coefficient (Wildman–Crippen LogP) is 1.97. The summed E-state index contributed by atoms with van der Waals surface area (Å²) >= 11 is 1.39. The molecular formula is C11H9N3O4S2. The van der Waals surface area contributed by atoms with E-state index in [2.05, 4.69) is 5.10 Å². The van der Waals surface area contributed by atoms with Crippen LogP contribution in [0, 0.1) is 10.1 Å². The number of hydrogen-bond donors (Lipinski definition) is 1. The number of nitro groups is 1. The lowest BCUT2D eigenvalue weighted by atomic mass is 10.3. The number of nitrogens with zero attached hydrogens (tertiary/aromatic N) is 2. The van der Waals surface area contributed by atoms with E-state index in [1.165, 1.54) is 29.7 Å². The minimum absolute atomic E-state index is 0.423. The normalized spacial score (nSPS) is 11.6. The van der Waals surface area contributed by atoms with Crippen LogP contribution in [0.1, 0.15) is 4.88 Å². The highest BCUT2D eigenvalue weighted by molar-refractivity contribution is 7.89. The predicted molar refractivity (Wildman–Crippen MR) is 75.3 cm³/mol. The number of sulfonamides is 1. The number of para-hydroxylation sites is 1. The zero-order valence-corrected chi connectivity index (χ0v) is 11.6. The van der Waals surface area contributed by atoms with E-state index in [0.29, 0.717) is 0 Å². The molecule has 0 bridgehead atoms. The van der Waals surface area contributed by atoms with Gasteiger partial charge in [0.15, 0.2) is 4.90 Å². The van der Waals surface area contributed by atoms with Gasteiger partial charge >= 0.3 is 0 Å². The molecule has 104 valence electrons. The zero-order chi connectivity index (χ0) is 14.6. The van der Waals surface area contributed by atoms with Gasteiger partial charge in [-0.1, -0.05) is 18.2 Å². The Morgan fingerprint density at radius 2 is 2.00 bits per heavy atom. The van der Waals surface area contributed by atoms with Crippen molar-refractivity contribution in [1.82, 2.24) is 4.83 Å². The number of nitro benzene ring substituents is 1. The first-order valence-electron chi connectivity index (χ1n) is 5.32. The fourth-order valence-electron chi connectivity index (χ4n) is 1.41. The minimum Gasteiger partial charge on any atom is -0.258 e. The number of hydrazone groups is 1. The fourth-order valence-corrected chi connectivity index (χ4v) is 2.96. The molecule has 0 amide bonds. The first-order chi connectivity index (χ1) is 9.50. The Labute approximate surface area is 118 Å². The molecule has 2 rings (SSSR count). The molecule has 0 radical (unpaired) electrons. The van der Waals surface area contributed by atoms with E-state index < -0.39 is 25.5 Å². The Hall–Kier alpha value is -2.26. The van der Waals surface area contributed by atoms with Gasteiger partial charge in [-0.25, -0.2) is 0 Å². The van der Waals surface area contributed by atoms with Gasteiger partial charge in [-0.3, -0.25) is 10.1 Å². The molecule has 2 aromatic rings. The highest BCUT2D eigenvalue weighted by atomic mass is 32.2. The molecule has 0 fully saturated rings. The van der Waals surface area contributed by atoms with Crippen LogP contribution in [0.2, 0.25) is 0 Å². The quantitative estimate of drug-likeness (QED) is 0.518. The standard InChI is InChI=1S/C11H9N3O4S2/c15-14(16)10-5-1-2-6-11(10)20(17,18)13-12-8-9-4-3-7-19-9/h1-8,13H/b12-8+. The summed E-state index contributed by atoms with van der Waals surface area (Å²) in [5, 5.41) is 16.2. The largest absolute Gasteiger partial charge is 0.289 e. The third-order valence-electron chi connectivity index (χ3n) is 2.26. The molecule has 1 aromatic heterocycles. The van der Waals surface area contributed by atoms with Crippen molar-refractivity contribution < 1.29 is 13.3 Å². The van der Waals surface area contributed by atoms with Crippen molar-refractivity contribution in [3.05, 3.63) is 56.8 Å². The lowest BCUT2D eigenvalue weighted by Crippen LogP contribution is -2.19. The van der Waals surface area contributed by atoms with E-state index in [9.17, 15) is 18.5 Å². The van der Waals surface area contributed by atoms with Crippen LogP contribution in [0.25, 0.3) is 0 Å². The van der Waals surface area contributed by atoms with Crippen molar-refractivity contribution in [2.75, 3.05) is 0 Å². The van der Waals surface area contributed by atoms with Gasteiger partial charge < -0.3 is 0 Å². The lowest BCUT2D eigenvalue weighted by Gasteiger charge is -2.03. The maximum absolute atomic E-state index is 12.0. The van der Waals surface area contributed by atoms with Gasteiger partial charge in [-0.05, 0) is 17.5 Å². The van der Waals surface area contributed by atoms with Crippen LogP contribution in [0.3, 0.4) is 0 Å². The molecule has 0 saturated heterocycles. The van der Waals surface area contributed by atoms with Crippen molar-refractivity contribution in [3.63, 3.8) is 0 Å². The third-order valence-corrected chi connectivity index (χ3v) is 4.34. The highest BCUT2D eigenvalue weighted by Gasteiger charge is 2.24. The van der Waals surface area contributed by atoms with E-state index in [4.69, 9.17) is 0 Å². The number of rotatable bonds is 5. The molecule has 1 aromatic carbocycles. The Morgan fingerprint density at radius 3 is 2.65 bits per heavy atom. The summed E-state index contributed by atoms with van der Waals surface area (Å²) < 4.78 is 23.9. The molecule has 0 aliphatic carbocycles. The average molecular weight is 311 g/mol. The van der Waals surface area contributed by atoms with Gasteiger partial charge in [0.25, 0.3) is 15.7 Å². The summed E-state index contributed by atoms with van der Waals surface area (Å²) in [5.74, 6) is 0. The molecular weight excluding hydrogens is 302 g/mol. The summed E-state index contributed by atoms with van der Waals surface area (Å²) in [4.78, 5) is 12.3. The summed E-state index contributed by atoms with van der Waals surface area (Å²) in [5.41, 5.74) is -0.494. The molecule has 0 spiro atoms. The van der Waals surface area contributed by atoms with Crippen LogP contribution in [0.5, 0.6) is 0 Å². The van der Waals surface area contributed by atoms with Gasteiger partial charge in [0.05, 0.1) is 11.1 Å². The van der Waals surface area contributed by atoms with Gasteiger partial charge in [0, 0.05) is 10.9 Å². The summed E-state index contributed by atoms with van der Waals surface area (Å²) in [7, 11) is -4.07. The second kappa shape index (κ2) is 5.80. The van der Waals surface area contributed by atoms with Gasteiger partial charge in [-0.2, -0.15) is 18.4 Å². The SMILES string of the molecule is O=[N+]([O-])c1ccccc1S(=O)(=O)N/N=C/c1cccs1. The van der Waals surface area contributed by atoms with Gasteiger partial charge in [-0.15, -0.1) is 11.3 Å². The second-order valence-corrected chi connectivity index (χ2v) is 6.20. The third kappa shape index (κ3) is 3.19. The lowest BCUT2D eigenvalue weighted by molar-refractivity contribution is -0.387. The summed E-state index contributed by atoms with van der Waals surface area (Å²) in [6, 6.07) is 8.63. The van der Waals surface area contributed by atoms with E-state index >= 15 is 0 Å². The molecule has 0 saturated carbocycles. The molecule has 0 atom stereocenters. The van der Waals surface area contributed by atoms with Crippen LogP contribution in [-0.2, 0) is 10.0 Å². The number of thiophene rings is 1. The van der Waals surface area contributed by atoms with Crippen molar-refractivity contribution in [3.8, 4) is 0 Å². The van der Waals surface area contributed by atoms with E-state index in [0.717, 1.165) is 17.0 Å². The fraction of sp³-hybridized carbons (Fsp3) is 0. The Balaban J connectivity index is 2.25. The van der Waals surface area contributed by atoms with E-state index in [-0.39, 0.29) is 0 Å². The molecule has 20 heavy (non-hydrogen) atoms. The molecule has 0 unspecified atom stereocenters. The van der Waals surface area contributed by atoms with Crippen LogP contribution in [-0.4, -0.2) is 19.6 Å². The number of benzene rings is 1. The number of nitrogens with one attached hydrogen (secondary N) is 1. The van der Waals surface area contributed by atoms with Crippen LogP contribution < -0.4 is 4.83 Å². The van der Waals surface area contributed by atoms with Crippen molar-refractivity contribution in [2.24, 2.45) is 5.10 Å². The summed E-state index contributed by atoms with van der Waals surface area (Å²) in [6.07, 6.45) is 1.33. The maximum Gasteiger partial charge on any atom is 0.289 e. The van der Waals surface area contributed by atoms with E-state index in [1.54, 1.807) is 12.1 Å². The molecule has 1 N–H and O–H groups in total. The topological polar surface area (TPSA) is 102 Å². The minimum atomic E-state index is -4.07. The molecule has 0 aliphatic rings. The average Bonchev–Trinajstić information content (AvgIpc) is 2.91. The second-order valence-electron chi connectivity index (χ2n) is 3.59. The number of hydrogen-bond acceptors (Lipinski definition) is 6. The Bertz CT molecular complexity index is 739. The first kappa shape index (κ1) is 14.2. The smallest absolute Gasteiger partial charge is 0.258 e. The first-order valence-corrected chi connectivity index (χ1v) is 7.69. The summed E-state index contributed by atoms with van der Waals surface area (Å²) in [6.45, 7) is 0. The van der Waals surface area contributed by atoms with Crippen LogP contribution in [0.15, 0.2) is 51.8 Å². The van der Waals surface area contributed by atoms with Gasteiger partial charge in [0.2, 0.25) is 0 Å². The van der Waals surface area contributed by atoms with Crippen LogP contribution >= 0.6 is 11.3 Å². The van der Waals surface area contributed by atoms with Crippen molar-refractivity contribution in [2.45, 2.75) is 4.90 Å². The van der Waals surface area contributed by atoms with E-state index in [1.807, 2.05) is 10.2 Å². The Morgan fingerprint density at radius 1 is 1.25 bits per heavy atom. The van der Waals surface area contributed by atoms with Gasteiger partial charge in [0.1, 0.15) is 0 Å². The monoisotopic (exact) mass is 311 g/mol.